The molecule has 0 N–H and O–H groups in total. The van der Waals surface area contributed by atoms with E-state index in [-0.39, 0.29) is 24.2 Å². The molecule has 1 aromatic carbocycles. The highest BCUT2D eigenvalue weighted by Gasteiger charge is 2.28. The maximum atomic E-state index is 12.2. The number of hydrogen-bond donors (Lipinski definition) is 0. The van der Waals surface area contributed by atoms with E-state index in [4.69, 9.17) is 4.98 Å². The molecule has 1 aliphatic heterocycles. The fourth-order valence-corrected chi connectivity index (χ4v) is 3.14. The first-order valence-corrected chi connectivity index (χ1v) is 7.45. The average Bonchev–Trinajstić information content (AvgIpc) is 2.84. The van der Waals surface area contributed by atoms with Gasteiger partial charge in [-0.05, 0) is 25.0 Å². The van der Waals surface area contributed by atoms with Gasteiger partial charge in [0.1, 0.15) is 0 Å². The Morgan fingerprint density at radius 1 is 1.32 bits per heavy atom. The second-order valence-corrected chi connectivity index (χ2v) is 5.98. The van der Waals surface area contributed by atoms with Gasteiger partial charge in [0, 0.05) is 34.2 Å². The third-order valence-corrected chi connectivity index (χ3v) is 4.26. The number of nitrogens with zero attached hydrogens (tertiary/aromatic N) is 4. The number of carbonyl (C=O) groups is 1. The lowest BCUT2D eigenvalue weighted by molar-refractivity contribution is -0.133. The van der Waals surface area contributed by atoms with Crippen LogP contribution in [0.5, 0.6) is 0 Å². The first kappa shape index (κ1) is 16.6. The van der Waals surface area contributed by atoms with Gasteiger partial charge in [0.05, 0.1) is 17.0 Å². The second kappa shape index (κ2) is 6.57. The molecule has 2 aromatic rings. The highest BCUT2D eigenvalue weighted by atomic mass is 35.5. The third kappa shape index (κ3) is 2.90. The Morgan fingerprint density at radius 3 is 2.73 bits per heavy atom. The van der Waals surface area contributed by atoms with Crippen LogP contribution in [0.1, 0.15) is 12.8 Å². The van der Waals surface area contributed by atoms with Gasteiger partial charge in [0.2, 0.25) is 11.9 Å². The van der Waals surface area contributed by atoms with Gasteiger partial charge in [-0.3, -0.25) is 4.79 Å². The van der Waals surface area contributed by atoms with Crippen molar-refractivity contribution in [3.63, 3.8) is 0 Å². The van der Waals surface area contributed by atoms with Crippen LogP contribution >= 0.6 is 12.4 Å². The number of aryl methyl sites for hydroxylation is 1. The van der Waals surface area contributed by atoms with Gasteiger partial charge in [0.15, 0.2) is 0 Å². The number of anilines is 1. The molecule has 0 saturated carbocycles. The molecule has 1 fully saturated rings. The van der Waals surface area contributed by atoms with Gasteiger partial charge < -0.3 is 14.4 Å². The number of rotatable bonds is 2. The summed E-state index contributed by atoms with van der Waals surface area (Å²) >= 11 is 0. The number of halogens is 1. The zero-order valence-corrected chi connectivity index (χ0v) is 14.1. The van der Waals surface area contributed by atoms with E-state index in [0.29, 0.717) is 0 Å². The largest absolute Gasteiger partial charge is 0.349 e. The topological polar surface area (TPSA) is 41.4 Å². The third-order valence-electron chi connectivity index (χ3n) is 4.26. The molecule has 1 saturated heterocycles. The standard InChI is InChI=1S/C16H22N4O.ClH/c1-18(2)15(21)12-7-6-10-20(11-12)16-17-13-8-4-5-9-14(13)19(16)3;/h4-5,8-9,12H,6-7,10-11H2,1-3H3;1H. The summed E-state index contributed by atoms with van der Waals surface area (Å²) in [5.41, 5.74) is 2.14. The number of fused-ring (bicyclic) bond motifs is 1. The average molecular weight is 323 g/mol. The summed E-state index contributed by atoms with van der Waals surface area (Å²) in [6.45, 7) is 1.72. The van der Waals surface area contributed by atoms with Crippen LogP contribution in [0.2, 0.25) is 0 Å². The quantitative estimate of drug-likeness (QED) is 0.852. The van der Waals surface area contributed by atoms with E-state index < -0.39 is 0 Å². The fraction of sp³-hybridized carbons (Fsp3) is 0.500. The van der Waals surface area contributed by atoms with Crippen molar-refractivity contribution in [3.8, 4) is 0 Å². The summed E-state index contributed by atoms with van der Waals surface area (Å²) < 4.78 is 2.12. The number of carbonyl (C=O) groups excluding carboxylic acids is 1. The van der Waals surface area contributed by atoms with Crippen molar-refractivity contribution in [1.82, 2.24) is 14.5 Å². The van der Waals surface area contributed by atoms with E-state index in [1.807, 2.05) is 39.3 Å². The Morgan fingerprint density at radius 2 is 2.05 bits per heavy atom. The van der Waals surface area contributed by atoms with Gasteiger partial charge in [-0.15, -0.1) is 12.4 Å². The number of aromatic nitrogens is 2. The summed E-state index contributed by atoms with van der Waals surface area (Å²) in [5.74, 6) is 1.26. The van der Waals surface area contributed by atoms with Crippen LogP contribution in [0.4, 0.5) is 5.95 Å². The summed E-state index contributed by atoms with van der Waals surface area (Å²) in [5, 5.41) is 0. The summed E-state index contributed by atoms with van der Waals surface area (Å²) in [4.78, 5) is 20.9. The Bertz CT molecular complexity index is 667. The highest BCUT2D eigenvalue weighted by molar-refractivity contribution is 5.85. The SMILES string of the molecule is CN(C)C(=O)C1CCCN(c2nc3ccccc3n2C)C1.Cl. The van der Waals surface area contributed by atoms with Gasteiger partial charge in [-0.1, -0.05) is 12.1 Å². The normalized spacial score (nSPS) is 18.1. The monoisotopic (exact) mass is 322 g/mol. The molecule has 3 rings (SSSR count). The van der Waals surface area contributed by atoms with E-state index in [2.05, 4.69) is 15.5 Å². The molecule has 1 aliphatic rings. The van der Waals surface area contributed by atoms with Gasteiger partial charge in [0.25, 0.3) is 0 Å². The molecule has 6 heteroatoms. The van der Waals surface area contributed by atoms with Crippen molar-refractivity contribution in [1.29, 1.82) is 0 Å². The van der Waals surface area contributed by atoms with Crippen molar-refractivity contribution in [2.45, 2.75) is 12.8 Å². The van der Waals surface area contributed by atoms with Crippen LogP contribution in [-0.2, 0) is 11.8 Å². The lowest BCUT2D eigenvalue weighted by Crippen LogP contribution is -2.43. The first-order chi connectivity index (χ1) is 10.1. The molecule has 1 aromatic heterocycles. The lowest BCUT2D eigenvalue weighted by atomic mass is 9.97. The summed E-state index contributed by atoms with van der Waals surface area (Å²) in [6, 6.07) is 8.15. The Labute approximate surface area is 137 Å². The molecular weight excluding hydrogens is 300 g/mol. The van der Waals surface area contributed by atoms with Crippen LogP contribution in [0.15, 0.2) is 24.3 Å². The van der Waals surface area contributed by atoms with E-state index in [9.17, 15) is 4.79 Å². The minimum absolute atomic E-state index is 0. The molecule has 0 aliphatic carbocycles. The number of benzene rings is 1. The van der Waals surface area contributed by atoms with E-state index in [1.54, 1.807) is 4.90 Å². The fourth-order valence-electron chi connectivity index (χ4n) is 3.14. The summed E-state index contributed by atoms with van der Waals surface area (Å²) in [6.07, 6.45) is 2.00. The number of para-hydroxylation sites is 2. The van der Waals surface area contributed by atoms with Crippen molar-refractivity contribution < 1.29 is 4.79 Å². The molecule has 0 radical (unpaired) electrons. The van der Waals surface area contributed by atoms with Gasteiger partial charge in [-0.2, -0.15) is 0 Å². The maximum Gasteiger partial charge on any atom is 0.226 e. The van der Waals surface area contributed by atoms with Crippen molar-refractivity contribution >= 4 is 35.3 Å². The highest BCUT2D eigenvalue weighted by Crippen LogP contribution is 2.26. The molecule has 22 heavy (non-hydrogen) atoms. The Kier molecular flexibility index (Phi) is 4.96. The van der Waals surface area contributed by atoms with E-state index in [0.717, 1.165) is 42.9 Å². The van der Waals surface area contributed by atoms with E-state index in [1.165, 1.54) is 0 Å². The molecule has 120 valence electrons. The molecule has 0 bridgehead atoms. The molecule has 1 amide bonds. The minimum atomic E-state index is 0. The number of piperidine rings is 1. The van der Waals surface area contributed by atoms with Crippen LogP contribution < -0.4 is 4.90 Å². The molecular formula is C16H23ClN4O. The molecule has 1 atom stereocenters. The van der Waals surface area contributed by atoms with Crippen molar-refractivity contribution in [3.05, 3.63) is 24.3 Å². The van der Waals surface area contributed by atoms with Crippen molar-refractivity contribution in [2.75, 3.05) is 32.1 Å². The molecule has 1 unspecified atom stereocenters. The molecule has 5 nitrogen and oxygen atoms in total. The number of hydrogen-bond acceptors (Lipinski definition) is 3. The number of imidazole rings is 1. The zero-order valence-electron chi connectivity index (χ0n) is 13.3. The predicted molar refractivity (Wildman–Crippen MR) is 91.6 cm³/mol. The van der Waals surface area contributed by atoms with Gasteiger partial charge >= 0.3 is 0 Å². The molecule has 2 heterocycles. The zero-order chi connectivity index (χ0) is 15.0. The van der Waals surface area contributed by atoms with Crippen LogP contribution in [-0.4, -0.2) is 47.5 Å². The van der Waals surface area contributed by atoms with Crippen LogP contribution in [0.3, 0.4) is 0 Å². The van der Waals surface area contributed by atoms with E-state index >= 15 is 0 Å². The van der Waals surface area contributed by atoms with Crippen molar-refractivity contribution in [2.24, 2.45) is 13.0 Å². The second-order valence-electron chi connectivity index (χ2n) is 5.98. The van der Waals surface area contributed by atoms with Crippen LogP contribution in [0, 0.1) is 5.92 Å². The smallest absolute Gasteiger partial charge is 0.226 e. The molecule has 0 spiro atoms. The van der Waals surface area contributed by atoms with Gasteiger partial charge in [-0.25, -0.2) is 4.98 Å². The predicted octanol–water partition coefficient (Wildman–Crippen LogP) is 2.30. The Balaban J connectivity index is 0.00000176. The number of amides is 1. The summed E-state index contributed by atoms with van der Waals surface area (Å²) in [7, 11) is 5.70. The van der Waals surface area contributed by atoms with Crippen LogP contribution in [0.25, 0.3) is 11.0 Å². The lowest BCUT2D eigenvalue weighted by Gasteiger charge is -2.33. The minimum Gasteiger partial charge on any atom is -0.349 e. The first-order valence-electron chi connectivity index (χ1n) is 7.45. The maximum absolute atomic E-state index is 12.2. The Hall–Kier alpha value is -1.75.